The molecule has 2 aromatic carbocycles. The summed E-state index contributed by atoms with van der Waals surface area (Å²) in [6, 6.07) is 14.0. The number of fused-ring (bicyclic) bond motifs is 1. The molecule has 13 nitrogen and oxygen atoms in total. The Morgan fingerprint density at radius 2 is 1.50 bits per heavy atom. The molecule has 0 aliphatic carbocycles. The Labute approximate surface area is 247 Å². The van der Waals surface area contributed by atoms with E-state index in [4.69, 9.17) is 14.7 Å². The van der Waals surface area contributed by atoms with Crippen LogP contribution in [0.5, 0.6) is 0 Å². The van der Waals surface area contributed by atoms with E-state index in [2.05, 4.69) is 38.4 Å². The van der Waals surface area contributed by atoms with Gasteiger partial charge in [-0.25, -0.2) is 14.8 Å². The second kappa shape index (κ2) is 12.2. The van der Waals surface area contributed by atoms with Crippen LogP contribution in [0.1, 0.15) is 20.1 Å². The highest BCUT2D eigenvalue weighted by Gasteiger charge is 2.28. The molecule has 0 bridgehead atoms. The SMILES string of the molecule is CCN1NNc2c(N3CCOCC3)nc(-c3ccc(NC(=O)Nc4ccc(C(=O)N5CCN(C)CC5)cc4)cc3)nc21.[HH].[HH]. The molecule has 0 unspecified atom stereocenters. The molecule has 13 heteroatoms. The van der Waals surface area contributed by atoms with Gasteiger partial charge in [0.1, 0.15) is 5.69 Å². The molecule has 0 radical (unpaired) electrons. The number of aromatic nitrogens is 2. The van der Waals surface area contributed by atoms with Gasteiger partial charge in [-0.15, -0.1) is 5.53 Å². The minimum Gasteiger partial charge on any atom is -0.378 e. The number of anilines is 5. The fourth-order valence-electron chi connectivity index (χ4n) is 5.17. The van der Waals surface area contributed by atoms with Gasteiger partial charge in [0.15, 0.2) is 17.5 Å². The van der Waals surface area contributed by atoms with Crippen LogP contribution in [0.3, 0.4) is 0 Å². The van der Waals surface area contributed by atoms with Crippen molar-refractivity contribution < 1.29 is 17.2 Å². The molecule has 4 N–H and O–H groups in total. The van der Waals surface area contributed by atoms with E-state index in [1.165, 1.54) is 0 Å². The van der Waals surface area contributed by atoms with E-state index in [1.54, 1.807) is 24.3 Å². The lowest BCUT2D eigenvalue weighted by atomic mass is 10.1. The van der Waals surface area contributed by atoms with Gasteiger partial charge in [-0.05, 0) is 62.5 Å². The van der Waals surface area contributed by atoms with Crippen molar-refractivity contribution in [2.24, 2.45) is 0 Å². The largest absolute Gasteiger partial charge is 0.378 e. The summed E-state index contributed by atoms with van der Waals surface area (Å²) in [4.78, 5) is 41.5. The predicted molar refractivity (Wildman–Crippen MR) is 167 cm³/mol. The standard InChI is InChI=1S/C29H36N10O3.2H2/c1-3-39-27-24(34-35-39)26(37-16-18-42-19-17-37)32-25(33-27)20-4-8-22(9-5-20)30-29(41)31-23-10-6-21(7-11-23)28(40)38-14-12-36(2)13-15-38;;/h4-11,34-35H,3,12-19H2,1-2H3,(H2,30,31,41);2*1H. The predicted octanol–water partition coefficient (Wildman–Crippen LogP) is 3.18. The van der Waals surface area contributed by atoms with Crippen LogP contribution in [-0.4, -0.2) is 97.8 Å². The third-order valence-corrected chi connectivity index (χ3v) is 7.65. The van der Waals surface area contributed by atoms with Crippen LogP contribution in [0.25, 0.3) is 11.4 Å². The smallest absolute Gasteiger partial charge is 0.323 e. The van der Waals surface area contributed by atoms with Gasteiger partial charge >= 0.3 is 6.03 Å². The first-order valence-electron chi connectivity index (χ1n) is 14.3. The zero-order valence-corrected chi connectivity index (χ0v) is 23.9. The molecule has 3 amide bonds. The van der Waals surface area contributed by atoms with E-state index in [0.29, 0.717) is 36.0 Å². The number of ether oxygens (including phenoxy) is 1. The van der Waals surface area contributed by atoms with Gasteiger partial charge in [-0.3, -0.25) is 15.2 Å². The monoisotopic (exact) mass is 576 g/mol. The molecule has 1 aromatic heterocycles. The topological polar surface area (TPSA) is 130 Å². The van der Waals surface area contributed by atoms with Crippen LogP contribution < -0.4 is 31.5 Å². The number of amides is 3. The summed E-state index contributed by atoms with van der Waals surface area (Å²) in [5, 5.41) is 7.64. The van der Waals surface area contributed by atoms with Gasteiger partial charge < -0.3 is 30.1 Å². The van der Waals surface area contributed by atoms with Crippen molar-refractivity contribution in [2.75, 3.05) is 92.0 Å². The number of hydrogen-bond donors (Lipinski definition) is 4. The van der Waals surface area contributed by atoms with E-state index in [-0.39, 0.29) is 14.8 Å². The highest BCUT2D eigenvalue weighted by Crippen LogP contribution is 2.37. The van der Waals surface area contributed by atoms with Crippen molar-refractivity contribution in [3.8, 4) is 11.4 Å². The van der Waals surface area contributed by atoms with E-state index >= 15 is 0 Å². The Morgan fingerprint density at radius 3 is 2.14 bits per heavy atom. The highest BCUT2D eigenvalue weighted by molar-refractivity contribution is 6.00. The fraction of sp³-hybridized carbons (Fsp3) is 0.379. The zero-order chi connectivity index (χ0) is 29.1. The van der Waals surface area contributed by atoms with Gasteiger partial charge in [-0.1, -0.05) is 0 Å². The van der Waals surface area contributed by atoms with Gasteiger partial charge in [0.2, 0.25) is 0 Å². The second-order valence-electron chi connectivity index (χ2n) is 10.5. The van der Waals surface area contributed by atoms with E-state index in [1.807, 2.05) is 41.1 Å². The van der Waals surface area contributed by atoms with Crippen LogP contribution in [-0.2, 0) is 4.74 Å². The van der Waals surface area contributed by atoms with Crippen LogP contribution >= 0.6 is 0 Å². The van der Waals surface area contributed by atoms with E-state index < -0.39 is 0 Å². The summed E-state index contributed by atoms with van der Waals surface area (Å²) in [7, 11) is 2.06. The molecule has 0 spiro atoms. The van der Waals surface area contributed by atoms with Crippen molar-refractivity contribution in [2.45, 2.75) is 6.92 Å². The lowest BCUT2D eigenvalue weighted by Gasteiger charge is -2.32. The van der Waals surface area contributed by atoms with Crippen molar-refractivity contribution in [1.29, 1.82) is 0 Å². The maximum atomic E-state index is 12.8. The Kier molecular flexibility index (Phi) is 8.04. The number of nitrogens with one attached hydrogen (secondary N) is 4. The van der Waals surface area contributed by atoms with Gasteiger partial charge in [0.05, 0.1) is 13.2 Å². The Balaban J connectivity index is 0.00000221. The minimum absolute atomic E-state index is 0. The number of likely N-dealkylation sites (N-methyl/N-ethyl adjacent to an activating group) is 1. The third kappa shape index (κ3) is 5.93. The number of carbonyl (C=O) groups excluding carboxylic acids is 2. The summed E-state index contributed by atoms with van der Waals surface area (Å²) in [6.07, 6.45) is 0. The Morgan fingerprint density at radius 1 is 0.881 bits per heavy atom. The molecule has 42 heavy (non-hydrogen) atoms. The number of carbonyl (C=O) groups is 2. The zero-order valence-electron chi connectivity index (χ0n) is 23.9. The molecule has 0 atom stereocenters. The molecule has 6 rings (SSSR count). The van der Waals surface area contributed by atoms with Crippen molar-refractivity contribution in [1.82, 2.24) is 25.3 Å². The first kappa shape index (κ1) is 27.7. The molecule has 224 valence electrons. The number of urea groups is 1. The number of hydrogen-bond acceptors (Lipinski definition) is 10. The maximum Gasteiger partial charge on any atom is 0.323 e. The number of morpholine rings is 1. The molecule has 4 heterocycles. The van der Waals surface area contributed by atoms with Crippen LogP contribution in [0.2, 0.25) is 0 Å². The van der Waals surface area contributed by atoms with Crippen LogP contribution in [0.4, 0.5) is 33.5 Å². The van der Waals surface area contributed by atoms with Gasteiger partial charge in [0, 0.05) is 71.2 Å². The van der Waals surface area contributed by atoms with Gasteiger partial charge in [0.25, 0.3) is 5.91 Å². The molecule has 3 aliphatic rings. The molecular formula is C29H40N10O3. The van der Waals surface area contributed by atoms with Crippen LogP contribution in [0.15, 0.2) is 48.5 Å². The molecule has 3 aliphatic heterocycles. The average molecular weight is 577 g/mol. The van der Waals surface area contributed by atoms with Crippen molar-refractivity contribution in [3.05, 3.63) is 54.1 Å². The maximum absolute atomic E-state index is 12.8. The fourth-order valence-corrected chi connectivity index (χ4v) is 5.17. The van der Waals surface area contributed by atoms with E-state index in [9.17, 15) is 9.59 Å². The number of nitrogens with zero attached hydrogens (tertiary/aromatic N) is 6. The average Bonchev–Trinajstić information content (AvgIpc) is 3.45. The Hall–Kier alpha value is -4.46. The lowest BCUT2D eigenvalue weighted by molar-refractivity contribution is 0.0664. The van der Waals surface area contributed by atoms with Crippen molar-refractivity contribution in [3.63, 3.8) is 0 Å². The molecule has 2 saturated heterocycles. The normalized spacial score (nSPS) is 17.0. The summed E-state index contributed by atoms with van der Waals surface area (Å²) in [5.74, 6) is 2.24. The summed E-state index contributed by atoms with van der Waals surface area (Å²) in [5.41, 5.74) is 9.90. The molecule has 0 saturated carbocycles. The minimum atomic E-state index is -0.375. The summed E-state index contributed by atoms with van der Waals surface area (Å²) < 4.78 is 5.53. The molecule has 2 fully saturated rings. The van der Waals surface area contributed by atoms with Crippen molar-refractivity contribution >= 4 is 40.6 Å². The first-order valence-corrected chi connectivity index (χ1v) is 14.3. The van der Waals surface area contributed by atoms with Gasteiger partial charge in [-0.2, -0.15) is 0 Å². The number of piperazine rings is 1. The Bertz CT molecular complexity index is 1430. The highest BCUT2D eigenvalue weighted by atomic mass is 16.5. The lowest BCUT2D eigenvalue weighted by Crippen LogP contribution is -2.47. The first-order chi connectivity index (χ1) is 20.5. The van der Waals surface area contributed by atoms with E-state index in [0.717, 1.165) is 68.7 Å². The summed E-state index contributed by atoms with van der Waals surface area (Å²) in [6.45, 7) is 8.77. The molecule has 3 aromatic rings. The number of benzene rings is 2. The third-order valence-electron chi connectivity index (χ3n) is 7.65. The van der Waals surface area contributed by atoms with Crippen LogP contribution in [0, 0.1) is 0 Å². The quantitative estimate of drug-likeness (QED) is 0.347. The number of rotatable bonds is 6. The molecular weight excluding hydrogens is 536 g/mol. The second-order valence-corrected chi connectivity index (χ2v) is 10.5. The summed E-state index contributed by atoms with van der Waals surface area (Å²) >= 11 is 0. The number of hydrazine groups is 2.